The first-order valence-corrected chi connectivity index (χ1v) is 6.15. The number of aromatic nitrogens is 1. The predicted octanol–water partition coefficient (Wildman–Crippen LogP) is 0.105. The lowest BCUT2D eigenvalue weighted by Gasteiger charge is -2.42. The molecule has 18 heavy (non-hydrogen) atoms. The van der Waals surface area contributed by atoms with Crippen molar-refractivity contribution in [1.82, 2.24) is 14.8 Å². The third-order valence-electron chi connectivity index (χ3n) is 3.41. The predicted molar refractivity (Wildman–Crippen MR) is 67.8 cm³/mol. The van der Waals surface area contributed by atoms with Gasteiger partial charge in [0.1, 0.15) is 6.04 Å². The van der Waals surface area contributed by atoms with Crippen LogP contribution in [-0.4, -0.2) is 58.1 Å². The molecule has 1 saturated heterocycles. The van der Waals surface area contributed by atoms with Crippen LogP contribution in [0.25, 0.3) is 0 Å². The number of hydrogen-bond donors (Lipinski definition) is 1. The number of likely N-dealkylation sites (N-methyl/N-ethyl adjacent to an activating group) is 1. The summed E-state index contributed by atoms with van der Waals surface area (Å²) in [5.41, 5.74) is 0.917. The molecule has 1 amide bonds. The second-order valence-corrected chi connectivity index (χ2v) is 4.76. The second-order valence-electron chi connectivity index (χ2n) is 4.76. The molecule has 1 aromatic rings. The van der Waals surface area contributed by atoms with Crippen LogP contribution in [0, 0.1) is 0 Å². The summed E-state index contributed by atoms with van der Waals surface area (Å²) < 4.78 is 0. The Kier molecular flexibility index (Phi) is 3.93. The van der Waals surface area contributed by atoms with E-state index in [2.05, 4.69) is 11.9 Å². The summed E-state index contributed by atoms with van der Waals surface area (Å²) >= 11 is 0. The van der Waals surface area contributed by atoms with E-state index < -0.39 is 6.04 Å². The Balaban J connectivity index is 2.16. The molecule has 2 atom stereocenters. The lowest BCUT2D eigenvalue weighted by Crippen LogP contribution is -2.60. The fourth-order valence-corrected chi connectivity index (χ4v) is 2.42. The number of pyridine rings is 1. The molecule has 0 saturated carbocycles. The second kappa shape index (κ2) is 5.46. The van der Waals surface area contributed by atoms with Crippen molar-refractivity contribution in [3.05, 3.63) is 30.1 Å². The summed E-state index contributed by atoms with van der Waals surface area (Å²) in [6.45, 7) is 3.18. The Hall–Kier alpha value is -1.46. The molecule has 1 aliphatic rings. The number of amides is 1. The first-order valence-electron chi connectivity index (χ1n) is 6.15. The molecule has 0 bridgehead atoms. The normalized spacial score (nSPS) is 25.5. The Labute approximate surface area is 107 Å². The van der Waals surface area contributed by atoms with Gasteiger partial charge in [0.05, 0.1) is 12.3 Å². The van der Waals surface area contributed by atoms with E-state index in [0.717, 1.165) is 5.69 Å². The van der Waals surface area contributed by atoms with E-state index in [1.807, 2.05) is 23.1 Å². The van der Waals surface area contributed by atoms with Crippen molar-refractivity contribution in [3.63, 3.8) is 0 Å². The smallest absolute Gasteiger partial charge is 0.242 e. The average molecular weight is 249 g/mol. The highest BCUT2D eigenvalue weighted by Gasteiger charge is 2.36. The van der Waals surface area contributed by atoms with Gasteiger partial charge in [-0.1, -0.05) is 6.07 Å². The first-order chi connectivity index (χ1) is 8.63. The molecule has 1 N–H and O–H groups in total. The molecule has 0 aromatic carbocycles. The van der Waals surface area contributed by atoms with E-state index in [1.54, 1.807) is 18.1 Å². The van der Waals surface area contributed by atoms with Crippen LogP contribution in [0.4, 0.5) is 0 Å². The summed E-state index contributed by atoms with van der Waals surface area (Å²) in [4.78, 5) is 20.0. The van der Waals surface area contributed by atoms with Gasteiger partial charge in [0.15, 0.2) is 0 Å². The highest BCUT2D eigenvalue weighted by atomic mass is 16.3. The van der Waals surface area contributed by atoms with Crippen molar-refractivity contribution in [2.45, 2.75) is 25.6 Å². The van der Waals surface area contributed by atoms with E-state index >= 15 is 0 Å². The summed E-state index contributed by atoms with van der Waals surface area (Å²) in [5, 5.41) is 9.44. The van der Waals surface area contributed by atoms with Gasteiger partial charge in [0.2, 0.25) is 5.91 Å². The number of rotatable bonds is 3. The zero-order valence-corrected chi connectivity index (χ0v) is 10.8. The number of aliphatic hydroxyl groups excluding tert-OH is 1. The maximum Gasteiger partial charge on any atom is 0.242 e. The van der Waals surface area contributed by atoms with Crippen molar-refractivity contribution in [2.24, 2.45) is 0 Å². The minimum Gasteiger partial charge on any atom is -0.394 e. The van der Waals surface area contributed by atoms with Gasteiger partial charge in [0, 0.05) is 32.4 Å². The summed E-state index contributed by atoms with van der Waals surface area (Å²) in [7, 11) is 1.78. The monoisotopic (exact) mass is 249 g/mol. The third-order valence-corrected chi connectivity index (χ3v) is 3.41. The zero-order chi connectivity index (χ0) is 13.1. The van der Waals surface area contributed by atoms with Gasteiger partial charge in [-0.2, -0.15) is 0 Å². The Morgan fingerprint density at radius 2 is 2.28 bits per heavy atom. The quantitative estimate of drug-likeness (QED) is 0.826. The lowest BCUT2D eigenvalue weighted by atomic mass is 10.1. The number of aliphatic hydroxyl groups is 1. The zero-order valence-electron chi connectivity index (χ0n) is 10.8. The van der Waals surface area contributed by atoms with E-state index in [-0.39, 0.29) is 18.6 Å². The van der Waals surface area contributed by atoms with E-state index in [0.29, 0.717) is 13.1 Å². The maximum absolute atomic E-state index is 12.0. The molecular formula is C13H19N3O2. The van der Waals surface area contributed by atoms with Crippen molar-refractivity contribution in [3.8, 4) is 0 Å². The van der Waals surface area contributed by atoms with Crippen molar-refractivity contribution in [2.75, 3.05) is 20.2 Å². The fourth-order valence-electron chi connectivity index (χ4n) is 2.42. The van der Waals surface area contributed by atoms with Crippen LogP contribution >= 0.6 is 0 Å². The van der Waals surface area contributed by atoms with E-state index in [4.69, 9.17) is 0 Å². The molecule has 1 aromatic heterocycles. The van der Waals surface area contributed by atoms with Crippen LogP contribution in [0.5, 0.6) is 0 Å². The minimum atomic E-state index is -0.458. The van der Waals surface area contributed by atoms with Crippen LogP contribution in [-0.2, 0) is 11.3 Å². The van der Waals surface area contributed by atoms with Gasteiger partial charge in [0.25, 0.3) is 0 Å². The number of carbonyl (C=O) groups is 1. The van der Waals surface area contributed by atoms with Gasteiger partial charge in [-0.25, -0.2) is 0 Å². The molecule has 98 valence electrons. The molecule has 1 fully saturated rings. The Bertz CT molecular complexity index is 410. The third kappa shape index (κ3) is 2.52. The largest absolute Gasteiger partial charge is 0.394 e. The van der Waals surface area contributed by atoms with Gasteiger partial charge < -0.3 is 10.0 Å². The van der Waals surface area contributed by atoms with Crippen LogP contribution in [0.1, 0.15) is 12.6 Å². The highest BCUT2D eigenvalue weighted by molar-refractivity contribution is 5.82. The minimum absolute atomic E-state index is 0.0217. The summed E-state index contributed by atoms with van der Waals surface area (Å²) in [6.07, 6.45) is 1.74. The standard InChI is InChI=1S/C13H19N3O2/c1-10-7-15(2)13(18)12(9-17)16(10)8-11-5-3-4-6-14-11/h3-6,10,12,17H,7-9H2,1-2H3. The number of hydrogen-bond acceptors (Lipinski definition) is 4. The number of piperazine rings is 1. The number of carbonyl (C=O) groups excluding carboxylic acids is 1. The maximum atomic E-state index is 12.0. The number of nitrogens with zero attached hydrogens (tertiary/aromatic N) is 3. The fraction of sp³-hybridized carbons (Fsp3) is 0.538. The molecular weight excluding hydrogens is 230 g/mol. The molecule has 0 radical (unpaired) electrons. The van der Waals surface area contributed by atoms with Crippen LogP contribution in [0.3, 0.4) is 0 Å². The lowest BCUT2D eigenvalue weighted by molar-refractivity contribution is -0.145. The molecule has 5 nitrogen and oxygen atoms in total. The molecule has 2 unspecified atom stereocenters. The molecule has 2 rings (SSSR count). The first kappa shape index (κ1) is 13.0. The van der Waals surface area contributed by atoms with Crippen LogP contribution in [0.15, 0.2) is 24.4 Å². The van der Waals surface area contributed by atoms with E-state index in [1.165, 1.54) is 0 Å². The summed E-state index contributed by atoms with van der Waals surface area (Å²) in [6, 6.07) is 5.49. The van der Waals surface area contributed by atoms with Crippen LogP contribution < -0.4 is 0 Å². The van der Waals surface area contributed by atoms with Crippen molar-refractivity contribution in [1.29, 1.82) is 0 Å². The summed E-state index contributed by atoms with van der Waals surface area (Å²) in [5.74, 6) is -0.0217. The van der Waals surface area contributed by atoms with Gasteiger partial charge in [-0.15, -0.1) is 0 Å². The van der Waals surface area contributed by atoms with Crippen molar-refractivity contribution >= 4 is 5.91 Å². The van der Waals surface area contributed by atoms with E-state index in [9.17, 15) is 9.90 Å². The topological polar surface area (TPSA) is 56.7 Å². The van der Waals surface area contributed by atoms with Gasteiger partial charge in [-0.3, -0.25) is 14.7 Å². The molecule has 0 aliphatic carbocycles. The Morgan fingerprint density at radius 1 is 1.50 bits per heavy atom. The SMILES string of the molecule is CC1CN(C)C(=O)C(CO)N1Cc1ccccn1. The molecule has 1 aliphatic heterocycles. The van der Waals surface area contributed by atoms with Gasteiger partial charge >= 0.3 is 0 Å². The van der Waals surface area contributed by atoms with Crippen molar-refractivity contribution < 1.29 is 9.90 Å². The highest BCUT2D eigenvalue weighted by Crippen LogP contribution is 2.18. The molecule has 0 spiro atoms. The Morgan fingerprint density at radius 3 is 2.89 bits per heavy atom. The molecule has 2 heterocycles. The average Bonchev–Trinajstić information content (AvgIpc) is 2.37. The van der Waals surface area contributed by atoms with Crippen LogP contribution in [0.2, 0.25) is 0 Å². The van der Waals surface area contributed by atoms with Gasteiger partial charge in [-0.05, 0) is 19.1 Å². The molecule has 5 heteroatoms.